The molecule has 5 nitrogen and oxygen atoms in total. The second-order valence-corrected chi connectivity index (χ2v) is 7.24. The van der Waals surface area contributed by atoms with Crippen molar-refractivity contribution < 1.29 is 9.59 Å². The summed E-state index contributed by atoms with van der Waals surface area (Å²) in [5.41, 5.74) is 2.25. The summed E-state index contributed by atoms with van der Waals surface area (Å²) in [7, 11) is 0. The predicted molar refractivity (Wildman–Crippen MR) is 105 cm³/mol. The van der Waals surface area contributed by atoms with Crippen LogP contribution in [0, 0.1) is 5.92 Å². The van der Waals surface area contributed by atoms with Crippen LogP contribution in [0.15, 0.2) is 24.3 Å². The molecule has 26 heavy (non-hydrogen) atoms. The van der Waals surface area contributed by atoms with Crippen LogP contribution in [0.1, 0.15) is 49.7 Å². The quantitative estimate of drug-likeness (QED) is 0.765. The van der Waals surface area contributed by atoms with Crippen LogP contribution < -0.4 is 10.6 Å². The first-order valence-electron chi connectivity index (χ1n) is 9.54. The highest BCUT2D eigenvalue weighted by Gasteiger charge is 2.19. The standard InChI is InChI=1S/C20H29N3O2.ClH/c24-19(8-7-16-9-11-21-12-10-16)22-14-17-3-5-18(6-4-17)15-23-13-1-2-20(23)25;/h3-6,16,21H,1-2,7-15H2,(H,22,24);1H. The summed E-state index contributed by atoms with van der Waals surface area (Å²) in [6.45, 7) is 4.31. The van der Waals surface area contributed by atoms with Gasteiger partial charge >= 0.3 is 0 Å². The lowest BCUT2D eigenvalue weighted by atomic mass is 9.93. The molecular weight excluding hydrogens is 350 g/mol. The molecule has 3 rings (SSSR count). The third-order valence-electron chi connectivity index (χ3n) is 5.30. The summed E-state index contributed by atoms with van der Waals surface area (Å²) in [6, 6.07) is 8.20. The van der Waals surface area contributed by atoms with E-state index in [1.807, 2.05) is 17.0 Å². The number of benzene rings is 1. The third kappa shape index (κ3) is 6.29. The molecule has 0 spiro atoms. The van der Waals surface area contributed by atoms with Gasteiger partial charge in [-0.1, -0.05) is 24.3 Å². The zero-order valence-electron chi connectivity index (χ0n) is 15.3. The smallest absolute Gasteiger partial charge is 0.222 e. The van der Waals surface area contributed by atoms with Crippen molar-refractivity contribution in [1.82, 2.24) is 15.5 Å². The molecular formula is C20H30ClN3O2. The van der Waals surface area contributed by atoms with Crippen molar-refractivity contribution in [3.63, 3.8) is 0 Å². The Bertz CT molecular complexity index is 585. The van der Waals surface area contributed by atoms with E-state index in [0.717, 1.165) is 43.6 Å². The molecule has 1 aromatic carbocycles. The lowest BCUT2D eigenvalue weighted by Crippen LogP contribution is -2.29. The Morgan fingerprint density at radius 3 is 2.50 bits per heavy atom. The summed E-state index contributed by atoms with van der Waals surface area (Å²) < 4.78 is 0. The number of halogens is 1. The monoisotopic (exact) mass is 379 g/mol. The topological polar surface area (TPSA) is 61.4 Å². The molecule has 0 atom stereocenters. The Labute approximate surface area is 162 Å². The van der Waals surface area contributed by atoms with Crippen LogP contribution in [0.5, 0.6) is 0 Å². The average molecular weight is 380 g/mol. The van der Waals surface area contributed by atoms with E-state index >= 15 is 0 Å². The molecule has 2 fully saturated rings. The van der Waals surface area contributed by atoms with E-state index < -0.39 is 0 Å². The van der Waals surface area contributed by atoms with Gasteiger partial charge in [0.05, 0.1) is 0 Å². The highest BCUT2D eigenvalue weighted by molar-refractivity contribution is 5.85. The van der Waals surface area contributed by atoms with Gasteiger partial charge in [-0.3, -0.25) is 9.59 Å². The number of piperidine rings is 1. The fraction of sp³-hybridized carbons (Fsp3) is 0.600. The highest BCUT2D eigenvalue weighted by atomic mass is 35.5. The molecule has 1 aromatic rings. The van der Waals surface area contributed by atoms with Crippen molar-refractivity contribution >= 4 is 24.2 Å². The Balaban J connectivity index is 0.00000243. The Hall–Kier alpha value is -1.59. The van der Waals surface area contributed by atoms with Crippen LogP contribution in [0.25, 0.3) is 0 Å². The maximum atomic E-state index is 12.0. The first-order valence-corrected chi connectivity index (χ1v) is 9.54. The van der Waals surface area contributed by atoms with Gasteiger partial charge in [-0.05, 0) is 55.8 Å². The number of carbonyl (C=O) groups excluding carboxylic acids is 2. The Kier molecular flexibility index (Phi) is 8.39. The summed E-state index contributed by atoms with van der Waals surface area (Å²) in [5.74, 6) is 1.09. The second-order valence-electron chi connectivity index (χ2n) is 7.24. The van der Waals surface area contributed by atoms with Crippen molar-refractivity contribution in [2.75, 3.05) is 19.6 Å². The number of nitrogens with one attached hydrogen (secondary N) is 2. The molecule has 2 amide bonds. The minimum atomic E-state index is 0. The lowest BCUT2D eigenvalue weighted by Gasteiger charge is -2.22. The summed E-state index contributed by atoms with van der Waals surface area (Å²) in [5, 5.41) is 6.38. The maximum Gasteiger partial charge on any atom is 0.222 e. The number of likely N-dealkylation sites (tertiary alicyclic amines) is 1. The van der Waals surface area contributed by atoms with Gasteiger partial charge in [0.15, 0.2) is 0 Å². The van der Waals surface area contributed by atoms with Crippen LogP contribution in [-0.2, 0) is 22.7 Å². The predicted octanol–water partition coefficient (Wildman–Crippen LogP) is 2.63. The molecule has 2 heterocycles. The van der Waals surface area contributed by atoms with Gasteiger partial charge in [0.25, 0.3) is 0 Å². The number of hydrogen-bond donors (Lipinski definition) is 2. The largest absolute Gasteiger partial charge is 0.352 e. The third-order valence-corrected chi connectivity index (χ3v) is 5.30. The van der Waals surface area contributed by atoms with Gasteiger partial charge in [0.2, 0.25) is 11.8 Å². The van der Waals surface area contributed by atoms with Gasteiger partial charge in [0, 0.05) is 32.5 Å². The van der Waals surface area contributed by atoms with E-state index in [-0.39, 0.29) is 24.2 Å². The van der Waals surface area contributed by atoms with Crippen molar-refractivity contribution in [3.05, 3.63) is 35.4 Å². The van der Waals surface area contributed by atoms with Crippen LogP contribution >= 0.6 is 12.4 Å². The van der Waals surface area contributed by atoms with Gasteiger partial charge < -0.3 is 15.5 Å². The Morgan fingerprint density at radius 1 is 1.15 bits per heavy atom. The Morgan fingerprint density at radius 2 is 1.85 bits per heavy atom. The number of hydrogen-bond acceptors (Lipinski definition) is 3. The molecule has 2 aliphatic rings. The van der Waals surface area contributed by atoms with Crippen molar-refractivity contribution in [2.24, 2.45) is 5.92 Å². The van der Waals surface area contributed by atoms with E-state index in [1.54, 1.807) is 0 Å². The fourth-order valence-corrected chi connectivity index (χ4v) is 3.65. The number of rotatable bonds is 7. The van der Waals surface area contributed by atoms with Crippen molar-refractivity contribution in [2.45, 2.75) is 51.6 Å². The van der Waals surface area contributed by atoms with E-state index in [1.165, 1.54) is 12.8 Å². The number of carbonyl (C=O) groups is 2. The SMILES string of the molecule is Cl.O=C(CCC1CCNCC1)NCc1ccc(CN2CCCC2=O)cc1. The molecule has 0 unspecified atom stereocenters. The molecule has 0 radical (unpaired) electrons. The van der Waals surface area contributed by atoms with Gasteiger partial charge in [-0.2, -0.15) is 0 Å². The minimum absolute atomic E-state index is 0. The van der Waals surface area contributed by atoms with Crippen molar-refractivity contribution in [3.8, 4) is 0 Å². The van der Waals surface area contributed by atoms with Crippen LogP contribution in [-0.4, -0.2) is 36.3 Å². The van der Waals surface area contributed by atoms with Crippen LogP contribution in [0.2, 0.25) is 0 Å². The number of nitrogens with zero attached hydrogens (tertiary/aromatic N) is 1. The van der Waals surface area contributed by atoms with Crippen LogP contribution in [0.4, 0.5) is 0 Å². The molecule has 6 heteroatoms. The first-order chi connectivity index (χ1) is 12.2. The molecule has 0 saturated carbocycles. The summed E-state index contributed by atoms with van der Waals surface area (Å²) in [4.78, 5) is 25.6. The number of amides is 2. The van der Waals surface area contributed by atoms with Crippen molar-refractivity contribution in [1.29, 1.82) is 0 Å². The summed E-state index contributed by atoms with van der Waals surface area (Å²) in [6.07, 6.45) is 5.65. The van der Waals surface area contributed by atoms with E-state index in [2.05, 4.69) is 22.8 Å². The lowest BCUT2D eigenvalue weighted by molar-refractivity contribution is -0.128. The zero-order valence-corrected chi connectivity index (χ0v) is 16.2. The molecule has 144 valence electrons. The zero-order chi connectivity index (χ0) is 17.5. The van der Waals surface area contributed by atoms with E-state index in [0.29, 0.717) is 31.8 Å². The molecule has 2 aliphatic heterocycles. The van der Waals surface area contributed by atoms with Gasteiger partial charge in [0.1, 0.15) is 0 Å². The maximum absolute atomic E-state index is 12.0. The average Bonchev–Trinajstić information content (AvgIpc) is 3.05. The normalized spacial score (nSPS) is 17.8. The molecule has 0 bridgehead atoms. The minimum Gasteiger partial charge on any atom is -0.352 e. The van der Waals surface area contributed by atoms with Gasteiger partial charge in [-0.25, -0.2) is 0 Å². The molecule has 0 aliphatic carbocycles. The summed E-state index contributed by atoms with van der Waals surface area (Å²) >= 11 is 0. The fourth-order valence-electron chi connectivity index (χ4n) is 3.65. The van der Waals surface area contributed by atoms with Crippen LogP contribution in [0.3, 0.4) is 0 Å². The van der Waals surface area contributed by atoms with Gasteiger partial charge in [-0.15, -0.1) is 12.4 Å². The first kappa shape index (κ1) is 20.7. The second kappa shape index (κ2) is 10.5. The van der Waals surface area contributed by atoms with E-state index in [9.17, 15) is 9.59 Å². The molecule has 2 saturated heterocycles. The molecule has 0 aromatic heterocycles. The molecule has 2 N–H and O–H groups in total. The van der Waals surface area contributed by atoms with E-state index in [4.69, 9.17) is 0 Å². The highest BCUT2D eigenvalue weighted by Crippen LogP contribution is 2.18.